The van der Waals surface area contributed by atoms with Gasteiger partial charge in [0.25, 0.3) is 0 Å². The lowest BCUT2D eigenvalue weighted by Gasteiger charge is -2.33. The van der Waals surface area contributed by atoms with Gasteiger partial charge in [-0.1, -0.05) is 6.92 Å². The Hall–Kier alpha value is -0.150. The third kappa shape index (κ3) is 2.72. The lowest BCUT2D eigenvalue weighted by Crippen LogP contribution is -2.43. The maximum absolute atomic E-state index is 12.1. The van der Waals surface area contributed by atoms with Gasteiger partial charge in [0.1, 0.15) is 6.67 Å². The van der Waals surface area contributed by atoms with Gasteiger partial charge in [0, 0.05) is 12.6 Å². The van der Waals surface area contributed by atoms with Crippen LogP contribution in [0.2, 0.25) is 0 Å². The van der Waals surface area contributed by atoms with E-state index in [4.69, 9.17) is 0 Å². The smallest absolute Gasteiger partial charge is 0.102 e. The van der Waals surface area contributed by atoms with Crippen molar-refractivity contribution in [2.75, 3.05) is 32.9 Å². The molecule has 0 atom stereocenters. The van der Waals surface area contributed by atoms with Crippen molar-refractivity contribution in [1.29, 1.82) is 0 Å². The lowest BCUT2D eigenvalue weighted by molar-refractivity contribution is 0.158. The molecule has 1 aliphatic heterocycles. The molecule has 1 saturated heterocycles. The topological polar surface area (TPSA) is 15.3 Å². The summed E-state index contributed by atoms with van der Waals surface area (Å²) < 4.78 is 12.1. The predicted octanol–water partition coefficient (Wildman–Crippen LogP) is 1.03. The zero-order valence-electron chi connectivity index (χ0n) is 7.85. The summed E-state index contributed by atoms with van der Waals surface area (Å²) >= 11 is 0. The Morgan fingerprint density at radius 3 is 2.58 bits per heavy atom. The van der Waals surface area contributed by atoms with E-state index in [1.165, 1.54) is 12.8 Å². The highest BCUT2D eigenvalue weighted by Crippen LogP contribution is 2.10. The molecule has 12 heavy (non-hydrogen) atoms. The number of nitrogens with one attached hydrogen (secondary N) is 1. The molecule has 3 heteroatoms. The third-order valence-corrected chi connectivity index (χ3v) is 2.60. The summed E-state index contributed by atoms with van der Waals surface area (Å²) in [6.45, 7) is 5.67. The number of rotatable bonds is 4. The Bertz CT molecular complexity index is 110. The Labute approximate surface area is 74.1 Å². The van der Waals surface area contributed by atoms with Crippen LogP contribution in [0.4, 0.5) is 4.39 Å². The molecule has 1 rings (SSSR count). The largest absolute Gasteiger partial charge is 0.317 e. The lowest BCUT2D eigenvalue weighted by atomic mass is 10.1. The van der Waals surface area contributed by atoms with Crippen LogP contribution in [0.5, 0.6) is 0 Å². The van der Waals surface area contributed by atoms with E-state index in [0.29, 0.717) is 12.6 Å². The van der Waals surface area contributed by atoms with Gasteiger partial charge < -0.3 is 5.32 Å². The minimum atomic E-state index is -0.211. The summed E-state index contributed by atoms with van der Waals surface area (Å²) in [5.74, 6) is 0. The molecule has 0 bridgehead atoms. The van der Waals surface area contributed by atoms with Gasteiger partial charge in [0.15, 0.2) is 0 Å². The first-order valence-electron chi connectivity index (χ1n) is 4.89. The number of alkyl halides is 1. The van der Waals surface area contributed by atoms with Gasteiger partial charge in [0.2, 0.25) is 0 Å². The molecule has 0 unspecified atom stereocenters. The summed E-state index contributed by atoms with van der Waals surface area (Å²) in [6, 6.07) is 0.618. The fourth-order valence-electron chi connectivity index (χ4n) is 1.88. The van der Waals surface area contributed by atoms with E-state index in [2.05, 4.69) is 17.1 Å². The molecular weight excluding hydrogens is 155 g/mol. The summed E-state index contributed by atoms with van der Waals surface area (Å²) in [5.41, 5.74) is 0. The van der Waals surface area contributed by atoms with Crippen LogP contribution < -0.4 is 5.32 Å². The zero-order valence-corrected chi connectivity index (χ0v) is 7.85. The molecule has 0 amide bonds. The second kappa shape index (κ2) is 5.49. The number of hydrogen-bond acceptors (Lipinski definition) is 2. The molecule has 0 aromatic carbocycles. The van der Waals surface area contributed by atoms with E-state index in [1.54, 1.807) is 0 Å². The molecule has 1 aliphatic rings. The standard InChI is InChI=1S/C9H19FN2/c1-2-12(8-5-10)9-3-6-11-7-4-9/h9,11H,2-8H2,1H3. The van der Waals surface area contributed by atoms with Crippen molar-refractivity contribution in [2.24, 2.45) is 0 Å². The van der Waals surface area contributed by atoms with E-state index < -0.39 is 0 Å². The molecule has 0 aromatic heterocycles. The Balaban J connectivity index is 2.29. The molecule has 1 fully saturated rings. The molecule has 1 N–H and O–H groups in total. The molecule has 0 saturated carbocycles. The fourth-order valence-corrected chi connectivity index (χ4v) is 1.88. The van der Waals surface area contributed by atoms with Gasteiger partial charge in [0.05, 0.1) is 0 Å². The van der Waals surface area contributed by atoms with E-state index in [-0.39, 0.29) is 6.67 Å². The summed E-state index contributed by atoms with van der Waals surface area (Å²) in [6.07, 6.45) is 2.35. The maximum Gasteiger partial charge on any atom is 0.102 e. The van der Waals surface area contributed by atoms with Crippen LogP contribution >= 0.6 is 0 Å². The van der Waals surface area contributed by atoms with Crippen LogP contribution in [0.3, 0.4) is 0 Å². The molecule has 1 heterocycles. The van der Waals surface area contributed by atoms with E-state index in [9.17, 15) is 4.39 Å². The second-order valence-electron chi connectivity index (χ2n) is 3.30. The van der Waals surface area contributed by atoms with Crippen LogP contribution in [-0.4, -0.2) is 43.8 Å². The van der Waals surface area contributed by atoms with Gasteiger partial charge in [-0.3, -0.25) is 4.90 Å². The summed E-state index contributed by atoms with van der Waals surface area (Å²) in [5, 5.41) is 3.32. The van der Waals surface area contributed by atoms with Crippen molar-refractivity contribution in [3.8, 4) is 0 Å². The SMILES string of the molecule is CCN(CCF)C1CCNCC1. The van der Waals surface area contributed by atoms with Gasteiger partial charge in [-0.25, -0.2) is 4.39 Å². The molecular formula is C9H19FN2. The van der Waals surface area contributed by atoms with Crippen molar-refractivity contribution in [1.82, 2.24) is 10.2 Å². The Kier molecular flexibility index (Phi) is 4.54. The summed E-state index contributed by atoms with van der Waals surface area (Å²) in [7, 11) is 0. The second-order valence-corrected chi connectivity index (χ2v) is 3.30. The number of nitrogens with zero attached hydrogens (tertiary/aromatic N) is 1. The highest BCUT2D eigenvalue weighted by atomic mass is 19.1. The molecule has 0 radical (unpaired) electrons. The first-order valence-corrected chi connectivity index (χ1v) is 4.89. The highest BCUT2D eigenvalue weighted by molar-refractivity contribution is 4.76. The van der Waals surface area contributed by atoms with Crippen LogP contribution in [0.15, 0.2) is 0 Å². The summed E-state index contributed by atoms with van der Waals surface area (Å²) in [4.78, 5) is 2.25. The monoisotopic (exact) mass is 174 g/mol. The van der Waals surface area contributed by atoms with E-state index >= 15 is 0 Å². The van der Waals surface area contributed by atoms with Crippen molar-refractivity contribution < 1.29 is 4.39 Å². The van der Waals surface area contributed by atoms with Crippen LogP contribution in [0.1, 0.15) is 19.8 Å². The Morgan fingerprint density at radius 1 is 1.42 bits per heavy atom. The van der Waals surface area contributed by atoms with Crippen molar-refractivity contribution in [3.63, 3.8) is 0 Å². The third-order valence-electron chi connectivity index (χ3n) is 2.60. The normalized spacial score (nSPS) is 20.2. The van der Waals surface area contributed by atoms with Gasteiger partial charge >= 0.3 is 0 Å². The van der Waals surface area contributed by atoms with Crippen molar-refractivity contribution in [3.05, 3.63) is 0 Å². The first kappa shape index (κ1) is 9.93. The molecule has 0 aliphatic carbocycles. The van der Waals surface area contributed by atoms with Gasteiger partial charge in [-0.05, 0) is 32.5 Å². The average Bonchev–Trinajstić information content (AvgIpc) is 2.15. The minimum Gasteiger partial charge on any atom is -0.317 e. The molecule has 0 aromatic rings. The molecule has 2 nitrogen and oxygen atoms in total. The predicted molar refractivity (Wildman–Crippen MR) is 49.1 cm³/mol. The number of hydrogen-bond donors (Lipinski definition) is 1. The van der Waals surface area contributed by atoms with Crippen LogP contribution in [-0.2, 0) is 0 Å². The van der Waals surface area contributed by atoms with E-state index in [0.717, 1.165) is 19.6 Å². The van der Waals surface area contributed by atoms with Crippen molar-refractivity contribution in [2.45, 2.75) is 25.8 Å². The van der Waals surface area contributed by atoms with Gasteiger partial charge in [-0.2, -0.15) is 0 Å². The quantitative estimate of drug-likeness (QED) is 0.685. The number of halogens is 1. The average molecular weight is 174 g/mol. The Morgan fingerprint density at radius 2 is 2.08 bits per heavy atom. The minimum absolute atomic E-state index is 0.211. The maximum atomic E-state index is 12.1. The molecule has 0 spiro atoms. The van der Waals surface area contributed by atoms with Crippen molar-refractivity contribution >= 4 is 0 Å². The number of piperidine rings is 1. The zero-order chi connectivity index (χ0) is 8.81. The van der Waals surface area contributed by atoms with Crippen LogP contribution in [0, 0.1) is 0 Å². The van der Waals surface area contributed by atoms with Crippen LogP contribution in [0.25, 0.3) is 0 Å². The first-order chi connectivity index (χ1) is 5.88. The van der Waals surface area contributed by atoms with Gasteiger partial charge in [-0.15, -0.1) is 0 Å². The molecule has 72 valence electrons. The van der Waals surface area contributed by atoms with E-state index in [1.807, 2.05) is 0 Å². The highest BCUT2D eigenvalue weighted by Gasteiger charge is 2.18. The fraction of sp³-hybridized carbons (Fsp3) is 1.00.